The molecule has 0 aliphatic heterocycles. The van der Waals surface area contributed by atoms with Crippen LogP contribution >= 0.6 is 23.4 Å². The first kappa shape index (κ1) is 24.9. The molecular formula is C24H28ClN3O4S. The first-order valence-electron chi connectivity index (χ1n) is 10.6. The van der Waals surface area contributed by atoms with Crippen LogP contribution in [0.5, 0.6) is 11.5 Å². The lowest BCUT2D eigenvalue weighted by atomic mass is 10.1. The maximum atomic E-state index is 13.2. The highest BCUT2D eigenvalue weighted by molar-refractivity contribution is 8.00. The lowest BCUT2D eigenvalue weighted by Crippen LogP contribution is -2.27. The Hall–Kier alpha value is -2.71. The van der Waals surface area contributed by atoms with E-state index in [0.717, 1.165) is 6.42 Å². The van der Waals surface area contributed by atoms with Crippen molar-refractivity contribution < 1.29 is 14.3 Å². The molecule has 0 saturated heterocycles. The number of carbonyl (C=O) groups excluding carboxylic acids is 1. The number of aromatic nitrogens is 2. The second-order valence-corrected chi connectivity index (χ2v) is 9.76. The molecular weight excluding hydrogens is 462 g/mol. The van der Waals surface area contributed by atoms with Gasteiger partial charge in [-0.2, -0.15) is 0 Å². The molecule has 0 radical (unpaired) electrons. The third kappa shape index (κ3) is 6.00. The molecule has 0 spiro atoms. The Balaban J connectivity index is 1.91. The van der Waals surface area contributed by atoms with E-state index in [4.69, 9.17) is 21.1 Å². The molecule has 3 aromatic rings. The Morgan fingerprint density at radius 2 is 1.91 bits per heavy atom. The highest BCUT2D eigenvalue weighted by Crippen LogP contribution is 2.31. The number of ether oxygens (including phenoxy) is 2. The van der Waals surface area contributed by atoms with Crippen molar-refractivity contribution in [2.24, 2.45) is 5.92 Å². The van der Waals surface area contributed by atoms with E-state index in [2.05, 4.69) is 24.1 Å². The summed E-state index contributed by atoms with van der Waals surface area (Å²) in [6.07, 6.45) is 0.815. The number of thioether (sulfide) groups is 1. The number of hydrogen-bond acceptors (Lipinski definition) is 6. The summed E-state index contributed by atoms with van der Waals surface area (Å²) >= 11 is 7.36. The van der Waals surface area contributed by atoms with Crippen LogP contribution in [0.4, 0.5) is 5.69 Å². The first-order valence-corrected chi connectivity index (χ1v) is 11.9. The van der Waals surface area contributed by atoms with Crippen molar-refractivity contribution in [1.82, 2.24) is 9.55 Å². The Morgan fingerprint density at radius 1 is 1.15 bits per heavy atom. The zero-order valence-corrected chi connectivity index (χ0v) is 20.9. The summed E-state index contributed by atoms with van der Waals surface area (Å²) in [5.74, 6) is 1.29. The molecule has 1 atom stereocenters. The standard InChI is InChI=1S/C24H28ClN3O4S/c1-14(2)10-11-28-23(30)18-8-6-16(25)12-19(18)27-24(28)33-15(3)22(29)26-20-13-17(31-4)7-9-21(20)32-5/h6-9,12-15H,10-11H2,1-5H3,(H,26,29). The van der Waals surface area contributed by atoms with E-state index < -0.39 is 5.25 Å². The van der Waals surface area contributed by atoms with Gasteiger partial charge >= 0.3 is 0 Å². The van der Waals surface area contributed by atoms with Crippen molar-refractivity contribution >= 4 is 45.9 Å². The number of halogens is 1. The van der Waals surface area contributed by atoms with E-state index in [1.165, 1.54) is 18.9 Å². The van der Waals surface area contributed by atoms with Gasteiger partial charge in [0.25, 0.3) is 5.56 Å². The van der Waals surface area contributed by atoms with E-state index in [-0.39, 0.29) is 11.5 Å². The largest absolute Gasteiger partial charge is 0.497 e. The minimum atomic E-state index is -0.533. The molecule has 3 rings (SSSR count). The highest BCUT2D eigenvalue weighted by atomic mass is 35.5. The number of nitrogens with zero attached hydrogens (tertiary/aromatic N) is 2. The van der Waals surface area contributed by atoms with Gasteiger partial charge in [-0.1, -0.05) is 37.2 Å². The fourth-order valence-corrected chi connectivity index (χ4v) is 4.31. The van der Waals surface area contributed by atoms with Crippen LogP contribution in [0, 0.1) is 5.92 Å². The molecule has 1 amide bonds. The molecule has 9 heteroatoms. The van der Waals surface area contributed by atoms with Crippen LogP contribution in [-0.4, -0.2) is 34.9 Å². The van der Waals surface area contributed by atoms with E-state index in [9.17, 15) is 9.59 Å². The number of benzene rings is 2. The lowest BCUT2D eigenvalue weighted by Gasteiger charge is -2.18. The monoisotopic (exact) mass is 489 g/mol. The van der Waals surface area contributed by atoms with Gasteiger partial charge in [-0.15, -0.1) is 0 Å². The predicted molar refractivity (Wildman–Crippen MR) is 134 cm³/mol. The number of anilines is 1. The second kappa shape index (κ2) is 10.9. The number of carbonyl (C=O) groups is 1. The molecule has 1 heterocycles. The van der Waals surface area contributed by atoms with Crippen molar-refractivity contribution in [1.29, 1.82) is 0 Å². The zero-order chi connectivity index (χ0) is 24.1. The summed E-state index contributed by atoms with van der Waals surface area (Å²) in [6.45, 7) is 6.49. The van der Waals surface area contributed by atoms with Gasteiger partial charge in [0, 0.05) is 17.6 Å². The predicted octanol–water partition coefficient (Wildman–Crippen LogP) is 5.23. The van der Waals surface area contributed by atoms with Gasteiger partial charge in [0.2, 0.25) is 5.91 Å². The van der Waals surface area contributed by atoms with Crippen LogP contribution in [-0.2, 0) is 11.3 Å². The summed E-state index contributed by atoms with van der Waals surface area (Å²) in [5, 5.41) is 3.84. The van der Waals surface area contributed by atoms with E-state index in [0.29, 0.717) is 50.7 Å². The van der Waals surface area contributed by atoms with E-state index in [1.54, 1.807) is 55.0 Å². The lowest BCUT2D eigenvalue weighted by molar-refractivity contribution is -0.115. The molecule has 7 nitrogen and oxygen atoms in total. The van der Waals surface area contributed by atoms with Gasteiger partial charge in [-0.25, -0.2) is 4.98 Å². The summed E-state index contributed by atoms with van der Waals surface area (Å²) in [4.78, 5) is 30.9. The Morgan fingerprint density at radius 3 is 2.58 bits per heavy atom. The number of rotatable bonds is 9. The molecule has 0 fully saturated rings. The van der Waals surface area contributed by atoms with Crippen molar-refractivity contribution in [2.45, 2.75) is 44.1 Å². The molecule has 1 unspecified atom stereocenters. The van der Waals surface area contributed by atoms with Gasteiger partial charge in [0.05, 0.1) is 36.1 Å². The normalized spacial score (nSPS) is 12.1. The SMILES string of the molecule is COc1ccc(OC)c(NC(=O)C(C)Sc2nc3cc(Cl)ccc3c(=O)n2CCC(C)C)c1. The molecule has 0 aliphatic carbocycles. The van der Waals surface area contributed by atoms with Gasteiger partial charge in [-0.05, 0) is 49.6 Å². The summed E-state index contributed by atoms with van der Waals surface area (Å²) in [5.41, 5.74) is 0.879. The van der Waals surface area contributed by atoms with Crippen LogP contribution in [0.1, 0.15) is 27.2 Å². The fraction of sp³-hybridized carbons (Fsp3) is 0.375. The van der Waals surface area contributed by atoms with Crippen LogP contribution < -0.4 is 20.3 Å². The minimum Gasteiger partial charge on any atom is -0.497 e. The zero-order valence-electron chi connectivity index (χ0n) is 19.3. The quantitative estimate of drug-likeness (QED) is 0.327. The second-order valence-electron chi connectivity index (χ2n) is 8.01. The van der Waals surface area contributed by atoms with Gasteiger partial charge in [0.15, 0.2) is 5.16 Å². The van der Waals surface area contributed by atoms with Crippen molar-refractivity contribution in [3.63, 3.8) is 0 Å². The maximum Gasteiger partial charge on any atom is 0.262 e. The maximum absolute atomic E-state index is 13.2. The highest BCUT2D eigenvalue weighted by Gasteiger charge is 2.21. The van der Waals surface area contributed by atoms with Crippen molar-refractivity contribution in [3.8, 4) is 11.5 Å². The molecule has 0 saturated carbocycles. The number of methoxy groups -OCH3 is 2. The number of nitrogens with one attached hydrogen (secondary N) is 1. The number of fused-ring (bicyclic) bond motifs is 1. The van der Waals surface area contributed by atoms with Crippen LogP contribution in [0.25, 0.3) is 10.9 Å². The Labute approximate surface area is 202 Å². The van der Waals surface area contributed by atoms with E-state index in [1.807, 2.05) is 0 Å². The Bertz CT molecular complexity index is 1210. The number of hydrogen-bond donors (Lipinski definition) is 1. The molecule has 2 aromatic carbocycles. The molecule has 1 aromatic heterocycles. The van der Waals surface area contributed by atoms with Crippen molar-refractivity contribution in [2.75, 3.05) is 19.5 Å². The Kier molecular flexibility index (Phi) is 8.26. The minimum absolute atomic E-state index is 0.137. The average Bonchev–Trinajstić information content (AvgIpc) is 2.78. The molecule has 0 aliphatic rings. The fourth-order valence-electron chi connectivity index (χ4n) is 3.21. The third-order valence-corrected chi connectivity index (χ3v) is 6.45. The molecule has 176 valence electrons. The topological polar surface area (TPSA) is 82.5 Å². The summed E-state index contributed by atoms with van der Waals surface area (Å²) in [6, 6.07) is 10.2. The van der Waals surface area contributed by atoms with Crippen LogP contribution in [0.2, 0.25) is 5.02 Å². The smallest absolute Gasteiger partial charge is 0.262 e. The van der Waals surface area contributed by atoms with Gasteiger partial charge in [0.1, 0.15) is 11.5 Å². The molecule has 0 bridgehead atoms. The number of amides is 1. The molecule has 1 N–H and O–H groups in total. The molecule has 33 heavy (non-hydrogen) atoms. The third-order valence-electron chi connectivity index (χ3n) is 5.13. The summed E-state index contributed by atoms with van der Waals surface area (Å²) in [7, 11) is 3.09. The van der Waals surface area contributed by atoms with Gasteiger partial charge in [-0.3, -0.25) is 14.2 Å². The van der Waals surface area contributed by atoms with Crippen molar-refractivity contribution in [3.05, 3.63) is 51.8 Å². The van der Waals surface area contributed by atoms with Crippen LogP contribution in [0.15, 0.2) is 46.3 Å². The first-order chi connectivity index (χ1) is 15.7. The van der Waals surface area contributed by atoms with Gasteiger partial charge < -0.3 is 14.8 Å². The van der Waals surface area contributed by atoms with E-state index >= 15 is 0 Å². The average molecular weight is 490 g/mol. The summed E-state index contributed by atoms with van der Waals surface area (Å²) < 4.78 is 12.2. The van der Waals surface area contributed by atoms with Crippen LogP contribution in [0.3, 0.4) is 0 Å².